The SMILES string of the molecule is Cc1ccc(C2CN2S(=O)(=O)c2ccc(C)cn2)cc1. The number of hydrogen-bond donors (Lipinski definition) is 0. The first-order valence-corrected chi connectivity index (χ1v) is 7.93. The van der Waals surface area contributed by atoms with Gasteiger partial charge in [-0.25, -0.2) is 13.4 Å². The lowest BCUT2D eigenvalue weighted by Gasteiger charge is -2.06. The summed E-state index contributed by atoms with van der Waals surface area (Å²) in [6.07, 6.45) is 1.58. The Kier molecular flexibility index (Phi) is 3.11. The van der Waals surface area contributed by atoms with Crippen LogP contribution in [0.5, 0.6) is 0 Å². The summed E-state index contributed by atoms with van der Waals surface area (Å²) in [6, 6.07) is 11.3. The molecular formula is C15H16N2O2S. The van der Waals surface area contributed by atoms with Crippen molar-refractivity contribution in [3.05, 3.63) is 59.3 Å². The van der Waals surface area contributed by atoms with Gasteiger partial charge in [-0.3, -0.25) is 0 Å². The zero-order chi connectivity index (χ0) is 14.3. The van der Waals surface area contributed by atoms with E-state index < -0.39 is 10.0 Å². The van der Waals surface area contributed by atoms with Gasteiger partial charge in [0.05, 0.1) is 6.04 Å². The molecule has 5 heteroatoms. The highest BCUT2D eigenvalue weighted by Crippen LogP contribution is 2.39. The van der Waals surface area contributed by atoms with Gasteiger partial charge in [0.15, 0.2) is 5.03 Å². The van der Waals surface area contributed by atoms with Gasteiger partial charge in [0.25, 0.3) is 10.0 Å². The van der Waals surface area contributed by atoms with Gasteiger partial charge in [0.2, 0.25) is 0 Å². The third-order valence-corrected chi connectivity index (χ3v) is 5.28. The van der Waals surface area contributed by atoms with E-state index in [0.717, 1.165) is 11.1 Å². The zero-order valence-electron chi connectivity index (χ0n) is 11.4. The van der Waals surface area contributed by atoms with E-state index in [1.54, 1.807) is 18.3 Å². The van der Waals surface area contributed by atoms with Gasteiger partial charge in [0, 0.05) is 12.7 Å². The molecule has 104 valence electrons. The second-order valence-corrected chi connectivity index (χ2v) is 7.01. The first kappa shape index (κ1) is 13.3. The topological polar surface area (TPSA) is 50.0 Å². The van der Waals surface area contributed by atoms with Crippen molar-refractivity contribution in [3.63, 3.8) is 0 Å². The third kappa shape index (κ3) is 2.34. The van der Waals surface area contributed by atoms with Crippen molar-refractivity contribution in [2.45, 2.75) is 24.9 Å². The normalized spacial score (nSPS) is 21.7. The average Bonchev–Trinajstić information content (AvgIpc) is 3.21. The third-order valence-electron chi connectivity index (χ3n) is 3.49. The van der Waals surface area contributed by atoms with E-state index in [2.05, 4.69) is 4.98 Å². The Balaban J connectivity index is 1.84. The number of hydrogen-bond acceptors (Lipinski definition) is 3. The summed E-state index contributed by atoms with van der Waals surface area (Å²) in [5.74, 6) is 0. The summed E-state index contributed by atoms with van der Waals surface area (Å²) in [7, 11) is -3.47. The summed E-state index contributed by atoms with van der Waals surface area (Å²) in [4.78, 5) is 4.02. The molecule has 0 radical (unpaired) electrons. The molecule has 1 aromatic heterocycles. The molecule has 4 nitrogen and oxygen atoms in total. The summed E-state index contributed by atoms with van der Waals surface area (Å²) >= 11 is 0. The highest BCUT2D eigenvalue weighted by atomic mass is 32.2. The number of nitrogens with zero attached hydrogens (tertiary/aromatic N) is 2. The van der Waals surface area contributed by atoms with Crippen LogP contribution in [-0.2, 0) is 10.0 Å². The predicted molar refractivity (Wildman–Crippen MR) is 76.8 cm³/mol. The van der Waals surface area contributed by atoms with E-state index in [0.29, 0.717) is 6.54 Å². The van der Waals surface area contributed by atoms with E-state index in [1.165, 1.54) is 9.87 Å². The molecule has 0 spiro atoms. The fraction of sp³-hybridized carbons (Fsp3) is 0.267. The Bertz CT molecular complexity index is 721. The minimum atomic E-state index is -3.47. The van der Waals surface area contributed by atoms with Crippen LogP contribution >= 0.6 is 0 Å². The highest BCUT2D eigenvalue weighted by Gasteiger charge is 2.46. The van der Waals surface area contributed by atoms with E-state index in [9.17, 15) is 8.42 Å². The molecule has 0 amide bonds. The lowest BCUT2D eigenvalue weighted by Crippen LogP contribution is -2.14. The molecule has 2 aromatic rings. The van der Waals surface area contributed by atoms with Crippen molar-refractivity contribution >= 4 is 10.0 Å². The molecule has 0 saturated carbocycles. The van der Waals surface area contributed by atoms with Crippen molar-refractivity contribution in [2.75, 3.05) is 6.54 Å². The Morgan fingerprint density at radius 1 is 1.05 bits per heavy atom. The fourth-order valence-corrected chi connectivity index (χ4v) is 3.64. The first-order chi connectivity index (χ1) is 9.48. The Morgan fingerprint density at radius 3 is 2.30 bits per heavy atom. The maximum Gasteiger partial charge on any atom is 0.261 e. The molecule has 20 heavy (non-hydrogen) atoms. The second kappa shape index (κ2) is 4.68. The summed E-state index contributed by atoms with van der Waals surface area (Å²) in [5, 5.41) is 0.123. The van der Waals surface area contributed by atoms with E-state index in [-0.39, 0.29) is 11.1 Å². The minimum Gasteiger partial charge on any atom is -0.243 e. The van der Waals surface area contributed by atoms with Gasteiger partial charge in [-0.2, -0.15) is 4.31 Å². The molecule has 2 atom stereocenters. The number of sulfonamides is 1. The Labute approximate surface area is 119 Å². The van der Waals surface area contributed by atoms with E-state index in [4.69, 9.17) is 0 Å². The average molecular weight is 288 g/mol. The van der Waals surface area contributed by atoms with Crippen molar-refractivity contribution in [3.8, 4) is 0 Å². The maximum absolute atomic E-state index is 12.4. The monoisotopic (exact) mass is 288 g/mol. The van der Waals surface area contributed by atoms with Gasteiger partial charge < -0.3 is 0 Å². The molecule has 1 fully saturated rings. The van der Waals surface area contributed by atoms with Crippen LogP contribution in [0.1, 0.15) is 22.7 Å². The number of benzene rings is 1. The number of aryl methyl sites for hydroxylation is 2. The lowest BCUT2D eigenvalue weighted by atomic mass is 10.1. The van der Waals surface area contributed by atoms with Crippen molar-refractivity contribution < 1.29 is 8.42 Å². The smallest absolute Gasteiger partial charge is 0.243 e. The van der Waals surface area contributed by atoms with E-state index >= 15 is 0 Å². The lowest BCUT2D eigenvalue weighted by molar-refractivity contribution is 0.550. The molecule has 2 unspecified atom stereocenters. The van der Waals surface area contributed by atoms with Gasteiger partial charge in [-0.1, -0.05) is 35.9 Å². The van der Waals surface area contributed by atoms with Crippen LogP contribution in [0.25, 0.3) is 0 Å². The van der Waals surface area contributed by atoms with Gasteiger partial charge in [-0.15, -0.1) is 0 Å². The van der Waals surface area contributed by atoms with Crippen molar-refractivity contribution in [1.82, 2.24) is 9.29 Å². The largest absolute Gasteiger partial charge is 0.261 e. The standard InChI is InChI=1S/C15H16N2O2S/c1-11-3-6-13(7-4-11)14-10-17(14)20(18,19)15-8-5-12(2)9-16-15/h3-9,14H,10H2,1-2H3. The predicted octanol–water partition coefficient (Wildman–Crippen LogP) is 2.44. The zero-order valence-corrected chi connectivity index (χ0v) is 12.3. The van der Waals surface area contributed by atoms with Crippen LogP contribution < -0.4 is 0 Å². The molecule has 1 aromatic carbocycles. The van der Waals surface area contributed by atoms with Crippen molar-refractivity contribution in [2.24, 2.45) is 0 Å². The number of aromatic nitrogens is 1. The first-order valence-electron chi connectivity index (χ1n) is 6.49. The molecule has 1 aliphatic heterocycles. The van der Waals surface area contributed by atoms with E-state index in [1.807, 2.05) is 38.1 Å². The van der Waals surface area contributed by atoms with Crippen LogP contribution in [0.15, 0.2) is 47.6 Å². The summed E-state index contributed by atoms with van der Waals surface area (Å²) in [5.41, 5.74) is 3.15. The molecule has 1 aliphatic rings. The molecule has 1 saturated heterocycles. The quantitative estimate of drug-likeness (QED) is 0.815. The molecule has 0 aliphatic carbocycles. The minimum absolute atomic E-state index is 0.0521. The molecule has 3 rings (SSSR count). The fourth-order valence-electron chi connectivity index (χ4n) is 2.18. The number of rotatable bonds is 3. The van der Waals surface area contributed by atoms with Gasteiger partial charge in [0.1, 0.15) is 0 Å². The number of pyridine rings is 1. The van der Waals surface area contributed by atoms with Crippen molar-refractivity contribution in [1.29, 1.82) is 0 Å². The maximum atomic E-state index is 12.4. The summed E-state index contributed by atoms with van der Waals surface area (Å²) in [6.45, 7) is 4.43. The Hall–Kier alpha value is -1.72. The van der Waals surface area contributed by atoms with Crippen LogP contribution in [0, 0.1) is 13.8 Å². The highest BCUT2D eigenvalue weighted by molar-refractivity contribution is 7.89. The molecular weight excluding hydrogens is 272 g/mol. The van der Waals surface area contributed by atoms with Crippen LogP contribution in [0.3, 0.4) is 0 Å². The van der Waals surface area contributed by atoms with Crippen LogP contribution in [0.2, 0.25) is 0 Å². The summed E-state index contributed by atoms with van der Waals surface area (Å²) < 4.78 is 26.3. The molecule has 2 heterocycles. The second-order valence-electron chi connectivity index (χ2n) is 5.17. The molecule has 0 N–H and O–H groups in total. The van der Waals surface area contributed by atoms with Gasteiger partial charge >= 0.3 is 0 Å². The van der Waals surface area contributed by atoms with Crippen LogP contribution in [0.4, 0.5) is 0 Å². The molecule has 0 bridgehead atoms. The van der Waals surface area contributed by atoms with Crippen LogP contribution in [-0.4, -0.2) is 24.3 Å². The Morgan fingerprint density at radius 2 is 1.70 bits per heavy atom. The van der Waals surface area contributed by atoms with Gasteiger partial charge in [-0.05, 0) is 31.0 Å².